The molecule has 1 N–H and O–H groups in total. The molecule has 26 heavy (non-hydrogen) atoms. The minimum atomic E-state index is -0.461. The van der Waals surface area contributed by atoms with Gasteiger partial charge in [0.25, 0.3) is 5.91 Å². The van der Waals surface area contributed by atoms with E-state index >= 15 is 0 Å². The van der Waals surface area contributed by atoms with Crippen molar-refractivity contribution in [1.29, 1.82) is 0 Å². The summed E-state index contributed by atoms with van der Waals surface area (Å²) < 4.78 is 18.8. The number of ether oxygens (including phenoxy) is 1. The molecule has 2 aromatic rings. The van der Waals surface area contributed by atoms with Gasteiger partial charge in [-0.3, -0.25) is 9.59 Å². The summed E-state index contributed by atoms with van der Waals surface area (Å²) in [6.45, 7) is 3.66. The minimum absolute atomic E-state index is 0.0521. The SMILES string of the molecule is CCC(C)C(C(=O)OCC(=O)NCc1ccccc1F)c1ccccc1. The zero-order chi connectivity index (χ0) is 18.9. The van der Waals surface area contributed by atoms with E-state index in [1.165, 1.54) is 6.07 Å². The Kier molecular flexibility index (Phi) is 7.33. The van der Waals surface area contributed by atoms with E-state index in [1.807, 2.05) is 44.2 Å². The lowest BCUT2D eigenvalue weighted by Crippen LogP contribution is -2.31. The molecule has 0 fully saturated rings. The van der Waals surface area contributed by atoms with Crippen LogP contribution in [0.15, 0.2) is 54.6 Å². The van der Waals surface area contributed by atoms with E-state index in [2.05, 4.69) is 5.32 Å². The average molecular weight is 357 g/mol. The van der Waals surface area contributed by atoms with E-state index in [4.69, 9.17) is 4.74 Å². The Morgan fingerprint density at radius 1 is 1.08 bits per heavy atom. The minimum Gasteiger partial charge on any atom is -0.455 e. The molecule has 1 amide bonds. The molecule has 0 heterocycles. The summed E-state index contributed by atoms with van der Waals surface area (Å²) in [6, 6.07) is 15.6. The largest absolute Gasteiger partial charge is 0.455 e. The molecule has 0 saturated carbocycles. The molecule has 2 unspecified atom stereocenters. The number of hydrogen-bond acceptors (Lipinski definition) is 3. The van der Waals surface area contributed by atoms with E-state index in [9.17, 15) is 14.0 Å². The molecule has 2 atom stereocenters. The van der Waals surface area contributed by atoms with Crippen LogP contribution in [0, 0.1) is 11.7 Å². The smallest absolute Gasteiger partial charge is 0.314 e. The summed E-state index contributed by atoms with van der Waals surface area (Å²) in [7, 11) is 0. The molecule has 0 spiro atoms. The fourth-order valence-electron chi connectivity index (χ4n) is 2.71. The molecule has 2 rings (SSSR count). The van der Waals surface area contributed by atoms with E-state index in [-0.39, 0.29) is 24.9 Å². The van der Waals surface area contributed by atoms with Crippen molar-refractivity contribution < 1.29 is 18.7 Å². The second-order valence-electron chi connectivity index (χ2n) is 6.25. The number of nitrogens with one attached hydrogen (secondary N) is 1. The van der Waals surface area contributed by atoms with Crippen LogP contribution in [0.2, 0.25) is 0 Å². The standard InChI is InChI=1S/C21H24FNO3/c1-3-15(2)20(16-9-5-4-6-10-16)21(25)26-14-19(24)23-13-17-11-7-8-12-18(17)22/h4-12,15,20H,3,13-14H2,1-2H3,(H,23,24). The van der Waals surface area contributed by atoms with Gasteiger partial charge in [-0.15, -0.1) is 0 Å². The van der Waals surface area contributed by atoms with Gasteiger partial charge >= 0.3 is 5.97 Å². The molecule has 138 valence electrons. The third-order valence-electron chi connectivity index (χ3n) is 4.40. The van der Waals surface area contributed by atoms with Gasteiger partial charge in [-0.1, -0.05) is 68.8 Å². The zero-order valence-electron chi connectivity index (χ0n) is 15.1. The number of esters is 1. The third-order valence-corrected chi connectivity index (χ3v) is 4.40. The second kappa shape index (κ2) is 9.70. The van der Waals surface area contributed by atoms with Gasteiger partial charge in [0.1, 0.15) is 5.82 Å². The number of benzene rings is 2. The highest BCUT2D eigenvalue weighted by Crippen LogP contribution is 2.28. The molecule has 5 heteroatoms. The second-order valence-corrected chi connectivity index (χ2v) is 6.25. The first-order chi connectivity index (χ1) is 12.5. The molecule has 0 saturated heterocycles. The number of halogens is 1. The predicted octanol–water partition coefficient (Wildman–Crippen LogP) is 3.82. The molecule has 2 aromatic carbocycles. The monoisotopic (exact) mass is 357 g/mol. The Labute approximate surface area is 153 Å². The van der Waals surface area contributed by atoms with Crippen LogP contribution >= 0.6 is 0 Å². The van der Waals surface area contributed by atoms with Crippen molar-refractivity contribution in [3.63, 3.8) is 0 Å². The highest BCUT2D eigenvalue weighted by molar-refractivity contribution is 5.83. The van der Waals surface area contributed by atoms with Crippen LogP contribution in [0.25, 0.3) is 0 Å². The number of carbonyl (C=O) groups is 2. The predicted molar refractivity (Wildman–Crippen MR) is 97.8 cm³/mol. The molecule has 4 nitrogen and oxygen atoms in total. The summed E-state index contributed by atoms with van der Waals surface area (Å²) in [6.07, 6.45) is 0.814. The normalized spacial score (nSPS) is 12.9. The van der Waals surface area contributed by atoms with Gasteiger partial charge in [0.2, 0.25) is 0 Å². The van der Waals surface area contributed by atoms with Crippen molar-refractivity contribution in [1.82, 2.24) is 5.32 Å². The van der Waals surface area contributed by atoms with Crippen LogP contribution in [-0.4, -0.2) is 18.5 Å². The van der Waals surface area contributed by atoms with Gasteiger partial charge in [0.15, 0.2) is 6.61 Å². The maximum absolute atomic E-state index is 13.5. The van der Waals surface area contributed by atoms with Gasteiger partial charge in [-0.25, -0.2) is 4.39 Å². The number of rotatable bonds is 8. The topological polar surface area (TPSA) is 55.4 Å². The van der Waals surface area contributed by atoms with Crippen molar-refractivity contribution in [2.45, 2.75) is 32.7 Å². The van der Waals surface area contributed by atoms with E-state index in [1.54, 1.807) is 18.2 Å². The van der Waals surface area contributed by atoms with Crippen molar-refractivity contribution >= 4 is 11.9 Å². The lowest BCUT2D eigenvalue weighted by molar-refractivity contribution is -0.151. The molecular weight excluding hydrogens is 333 g/mol. The van der Waals surface area contributed by atoms with Gasteiger partial charge < -0.3 is 10.1 Å². The van der Waals surface area contributed by atoms with Crippen molar-refractivity contribution in [3.8, 4) is 0 Å². The Hall–Kier alpha value is -2.69. The summed E-state index contributed by atoms with van der Waals surface area (Å²) in [5.74, 6) is -1.60. The van der Waals surface area contributed by atoms with Crippen LogP contribution in [0.3, 0.4) is 0 Å². The van der Waals surface area contributed by atoms with Crippen molar-refractivity contribution in [2.75, 3.05) is 6.61 Å². The highest BCUT2D eigenvalue weighted by atomic mass is 19.1. The van der Waals surface area contributed by atoms with Crippen LogP contribution in [-0.2, 0) is 20.9 Å². The van der Waals surface area contributed by atoms with Crippen LogP contribution in [0.5, 0.6) is 0 Å². The van der Waals surface area contributed by atoms with Gasteiger partial charge in [0, 0.05) is 12.1 Å². The lowest BCUT2D eigenvalue weighted by Gasteiger charge is -2.21. The Bertz CT molecular complexity index is 733. The zero-order valence-corrected chi connectivity index (χ0v) is 15.1. The highest BCUT2D eigenvalue weighted by Gasteiger charge is 2.27. The summed E-state index contributed by atoms with van der Waals surface area (Å²) in [5, 5.41) is 2.56. The van der Waals surface area contributed by atoms with E-state index < -0.39 is 17.8 Å². The molecule has 0 radical (unpaired) electrons. The average Bonchev–Trinajstić information content (AvgIpc) is 2.66. The molecule has 0 aliphatic carbocycles. The maximum atomic E-state index is 13.5. The first-order valence-corrected chi connectivity index (χ1v) is 8.74. The summed E-state index contributed by atoms with van der Waals surface area (Å²) in [5.41, 5.74) is 1.26. The third kappa shape index (κ3) is 5.41. The summed E-state index contributed by atoms with van der Waals surface area (Å²) in [4.78, 5) is 24.4. The van der Waals surface area contributed by atoms with Gasteiger partial charge in [-0.05, 0) is 17.5 Å². The molecular formula is C21H24FNO3. The molecule has 0 aliphatic rings. The van der Waals surface area contributed by atoms with E-state index in [0.717, 1.165) is 12.0 Å². The molecule has 0 bridgehead atoms. The maximum Gasteiger partial charge on any atom is 0.314 e. The van der Waals surface area contributed by atoms with Crippen LogP contribution < -0.4 is 5.32 Å². The lowest BCUT2D eigenvalue weighted by atomic mass is 9.86. The molecule has 0 aromatic heterocycles. The van der Waals surface area contributed by atoms with Crippen molar-refractivity contribution in [3.05, 3.63) is 71.5 Å². The Balaban J connectivity index is 1.91. The number of hydrogen-bond donors (Lipinski definition) is 1. The number of carbonyl (C=O) groups excluding carboxylic acids is 2. The Morgan fingerprint density at radius 3 is 2.38 bits per heavy atom. The summed E-state index contributed by atoms with van der Waals surface area (Å²) >= 11 is 0. The Morgan fingerprint density at radius 2 is 1.73 bits per heavy atom. The van der Waals surface area contributed by atoms with Crippen molar-refractivity contribution in [2.24, 2.45) is 5.92 Å². The first kappa shape index (κ1) is 19.6. The molecule has 0 aliphatic heterocycles. The van der Waals surface area contributed by atoms with Gasteiger partial charge in [0.05, 0.1) is 5.92 Å². The quantitative estimate of drug-likeness (QED) is 0.731. The van der Waals surface area contributed by atoms with Crippen LogP contribution in [0.4, 0.5) is 4.39 Å². The van der Waals surface area contributed by atoms with E-state index in [0.29, 0.717) is 5.56 Å². The first-order valence-electron chi connectivity index (χ1n) is 8.74. The van der Waals surface area contributed by atoms with Crippen LogP contribution in [0.1, 0.15) is 37.3 Å². The fraction of sp³-hybridized carbons (Fsp3) is 0.333. The van der Waals surface area contributed by atoms with Gasteiger partial charge in [-0.2, -0.15) is 0 Å². The number of amides is 1. The fourth-order valence-corrected chi connectivity index (χ4v) is 2.71.